The first kappa shape index (κ1) is 16.0. The number of hydrogen-bond acceptors (Lipinski definition) is 4. The highest BCUT2D eigenvalue weighted by molar-refractivity contribution is 7.93. The van der Waals surface area contributed by atoms with Crippen molar-refractivity contribution in [1.82, 2.24) is 10.3 Å². The Morgan fingerprint density at radius 3 is 2.83 bits per heavy atom. The lowest BCUT2D eigenvalue weighted by Gasteiger charge is -2.35. The molecule has 6 heteroatoms. The number of hydrogen-bond donors (Lipinski definition) is 1. The molecule has 0 fully saturated rings. The van der Waals surface area contributed by atoms with Gasteiger partial charge in [0.2, 0.25) is 10.0 Å². The van der Waals surface area contributed by atoms with Crippen LogP contribution in [0.4, 0.5) is 11.4 Å². The van der Waals surface area contributed by atoms with E-state index in [0.29, 0.717) is 18.5 Å². The van der Waals surface area contributed by atoms with Crippen molar-refractivity contribution in [1.29, 1.82) is 0 Å². The topological polar surface area (TPSA) is 62.3 Å². The Morgan fingerprint density at radius 1 is 1.26 bits per heavy atom. The number of rotatable bonds is 5. The Bertz CT molecular complexity index is 762. The maximum Gasteiger partial charge on any atom is 0.242 e. The van der Waals surface area contributed by atoms with Gasteiger partial charge in [-0.15, -0.1) is 0 Å². The lowest BCUT2D eigenvalue weighted by atomic mass is 10.0. The van der Waals surface area contributed by atoms with Gasteiger partial charge in [-0.3, -0.25) is 4.98 Å². The Labute approximate surface area is 137 Å². The van der Waals surface area contributed by atoms with Crippen LogP contribution in [0.5, 0.6) is 0 Å². The highest BCUT2D eigenvalue weighted by Gasteiger charge is 2.38. The van der Waals surface area contributed by atoms with Crippen LogP contribution in [0.25, 0.3) is 0 Å². The molecule has 1 aliphatic rings. The fourth-order valence-electron chi connectivity index (χ4n) is 3.04. The minimum Gasteiger partial charge on any atom is -0.320 e. The molecule has 0 aliphatic carbocycles. The Morgan fingerprint density at radius 2 is 2.09 bits per heavy atom. The SMILES string of the molecule is CNCCCC1Cc2ccccc2N(c2cccnc2)S1(=O)=O. The van der Waals surface area contributed by atoms with Gasteiger partial charge in [-0.1, -0.05) is 18.2 Å². The predicted molar refractivity (Wildman–Crippen MR) is 92.4 cm³/mol. The van der Waals surface area contributed by atoms with Crippen molar-refractivity contribution in [3.05, 3.63) is 54.4 Å². The quantitative estimate of drug-likeness (QED) is 0.855. The van der Waals surface area contributed by atoms with Crippen LogP contribution in [-0.4, -0.2) is 32.2 Å². The molecule has 122 valence electrons. The minimum atomic E-state index is -3.45. The standard InChI is InChI=1S/C17H21N3O2S/c1-18-10-5-8-16-12-14-6-2-3-9-17(14)20(23(16,21)22)15-7-4-11-19-13-15/h2-4,6-7,9,11,13,16,18H,5,8,10,12H2,1H3. The van der Waals surface area contributed by atoms with Gasteiger partial charge >= 0.3 is 0 Å². The van der Waals surface area contributed by atoms with Gasteiger partial charge in [-0.2, -0.15) is 0 Å². The summed E-state index contributed by atoms with van der Waals surface area (Å²) in [6.45, 7) is 0.820. The average Bonchev–Trinajstić information content (AvgIpc) is 2.56. The van der Waals surface area contributed by atoms with Crippen LogP contribution in [0.15, 0.2) is 48.8 Å². The molecule has 5 nitrogen and oxygen atoms in total. The van der Waals surface area contributed by atoms with Gasteiger partial charge in [0.25, 0.3) is 0 Å². The van der Waals surface area contributed by atoms with Crippen LogP contribution < -0.4 is 9.62 Å². The first-order valence-electron chi connectivity index (χ1n) is 7.81. The molecule has 1 unspecified atom stereocenters. The fraction of sp³-hybridized carbons (Fsp3) is 0.353. The molecule has 23 heavy (non-hydrogen) atoms. The average molecular weight is 331 g/mol. The first-order valence-corrected chi connectivity index (χ1v) is 9.31. The summed E-state index contributed by atoms with van der Waals surface area (Å²) in [4.78, 5) is 4.08. The summed E-state index contributed by atoms with van der Waals surface area (Å²) in [6.07, 6.45) is 5.30. The second-order valence-electron chi connectivity index (χ2n) is 5.72. The number of para-hydroxylation sites is 1. The fourth-order valence-corrected chi connectivity index (χ4v) is 5.04. The Hall–Kier alpha value is -1.92. The third-order valence-electron chi connectivity index (χ3n) is 4.17. The van der Waals surface area contributed by atoms with Crippen molar-refractivity contribution in [2.45, 2.75) is 24.5 Å². The summed E-state index contributed by atoms with van der Waals surface area (Å²) in [6, 6.07) is 11.3. The highest BCUT2D eigenvalue weighted by Crippen LogP contribution is 2.39. The summed E-state index contributed by atoms with van der Waals surface area (Å²) >= 11 is 0. The van der Waals surface area contributed by atoms with Crippen LogP contribution in [0.2, 0.25) is 0 Å². The Balaban J connectivity index is 2.04. The molecule has 0 amide bonds. The largest absolute Gasteiger partial charge is 0.320 e. The van der Waals surface area contributed by atoms with Crippen molar-refractivity contribution in [3.8, 4) is 0 Å². The number of fused-ring (bicyclic) bond motifs is 1. The highest BCUT2D eigenvalue weighted by atomic mass is 32.2. The van der Waals surface area contributed by atoms with E-state index in [1.54, 1.807) is 24.5 Å². The molecule has 2 heterocycles. The summed E-state index contributed by atoms with van der Waals surface area (Å²) in [5.74, 6) is 0. The zero-order valence-corrected chi connectivity index (χ0v) is 14.0. The van der Waals surface area contributed by atoms with Crippen LogP contribution in [0.3, 0.4) is 0 Å². The summed E-state index contributed by atoms with van der Waals surface area (Å²) in [7, 11) is -1.56. The molecule has 1 aromatic carbocycles. The molecule has 0 bridgehead atoms. The van der Waals surface area contributed by atoms with E-state index in [0.717, 1.165) is 24.2 Å². The van der Waals surface area contributed by atoms with E-state index in [2.05, 4.69) is 10.3 Å². The van der Waals surface area contributed by atoms with Gasteiger partial charge in [0.1, 0.15) is 0 Å². The maximum atomic E-state index is 13.1. The molecule has 1 aromatic heterocycles. The van der Waals surface area contributed by atoms with E-state index in [9.17, 15) is 8.42 Å². The number of anilines is 2. The van der Waals surface area contributed by atoms with Crippen molar-refractivity contribution in [3.63, 3.8) is 0 Å². The number of sulfonamides is 1. The van der Waals surface area contributed by atoms with Crippen molar-refractivity contribution < 1.29 is 8.42 Å². The summed E-state index contributed by atoms with van der Waals surface area (Å²) in [5.41, 5.74) is 2.41. The predicted octanol–water partition coefficient (Wildman–Crippen LogP) is 2.47. The number of aromatic nitrogens is 1. The van der Waals surface area contributed by atoms with Crippen molar-refractivity contribution in [2.75, 3.05) is 17.9 Å². The molecule has 0 saturated heterocycles. The maximum absolute atomic E-state index is 13.1. The zero-order valence-electron chi connectivity index (χ0n) is 13.1. The van der Waals surface area contributed by atoms with Gasteiger partial charge in [-0.05, 0) is 56.6 Å². The number of pyridine rings is 1. The normalized spacial score (nSPS) is 19.3. The van der Waals surface area contributed by atoms with Gasteiger partial charge in [0.15, 0.2) is 0 Å². The number of nitrogens with zero attached hydrogens (tertiary/aromatic N) is 2. The summed E-state index contributed by atoms with van der Waals surface area (Å²) < 4.78 is 27.8. The smallest absolute Gasteiger partial charge is 0.242 e. The molecule has 1 atom stereocenters. The van der Waals surface area contributed by atoms with E-state index in [-0.39, 0.29) is 0 Å². The van der Waals surface area contributed by atoms with Crippen LogP contribution in [0, 0.1) is 0 Å². The van der Waals surface area contributed by atoms with E-state index < -0.39 is 15.3 Å². The van der Waals surface area contributed by atoms with Gasteiger partial charge in [-0.25, -0.2) is 12.7 Å². The summed E-state index contributed by atoms with van der Waals surface area (Å²) in [5, 5.41) is 2.68. The van der Waals surface area contributed by atoms with E-state index >= 15 is 0 Å². The molecule has 0 spiro atoms. The monoisotopic (exact) mass is 331 g/mol. The van der Waals surface area contributed by atoms with Crippen LogP contribution in [-0.2, 0) is 16.4 Å². The van der Waals surface area contributed by atoms with E-state index in [4.69, 9.17) is 0 Å². The Kier molecular flexibility index (Phi) is 4.63. The first-order chi connectivity index (χ1) is 11.1. The number of benzene rings is 1. The second-order valence-corrected chi connectivity index (χ2v) is 7.78. The molecule has 0 saturated carbocycles. The zero-order chi connectivity index (χ0) is 16.3. The molecular formula is C17H21N3O2S. The van der Waals surface area contributed by atoms with Gasteiger partial charge < -0.3 is 5.32 Å². The molecule has 1 aliphatic heterocycles. The molecule has 1 N–H and O–H groups in total. The van der Waals surface area contributed by atoms with Crippen molar-refractivity contribution >= 4 is 21.4 Å². The lowest BCUT2D eigenvalue weighted by molar-refractivity contribution is 0.554. The number of nitrogens with one attached hydrogen (secondary N) is 1. The third kappa shape index (κ3) is 3.09. The lowest BCUT2D eigenvalue weighted by Crippen LogP contribution is -2.41. The third-order valence-corrected chi connectivity index (χ3v) is 6.33. The second kappa shape index (κ2) is 6.68. The van der Waals surface area contributed by atoms with Gasteiger partial charge in [0.05, 0.1) is 22.8 Å². The van der Waals surface area contributed by atoms with E-state index in [1.165, 1.54) is 4.31 Å². The van der Waals surface area contributed by atoms with E-state index in [1.807, 2.05) is 31.3 Å². The van der Waals surface area contributed by atoms with Gasteiger partial charge in [0, 0.05) is 6.20 Å². The molecule has 2 aromatic rings. The van der Waals surface area contributed by atoms with Crippen LogP contribution in [0.1, 0.15) is 18.4 Å². The molecular weight excluding hydrogens is 310 g/mol. The molecule has 0 radical (unpaired) electrons. The van der Waals surface area contributed by atoms with Crippen molar-refractivity contribution in [2.24, 2.45) is 0 Å². The molecule has 3 rings (SSSR count). The van der Waals surface area contributed by atoms with Crippen LogP contribution >= 0.6 is 0 Å². The minimum absolute atomic E-state index is 0.397.